The number of nitrogens with zero attached hydrogens (tertiary/aromatic N) is 2. The average molecular weight is 208 g/mol. The van der Waals surface area contributed by atoms with Crippen molar-refractivity contribution in [3.8, 4) is 0 Å². The Labute approximate surface area is 94.2 Å². The summed E-state index contributed by atoms with van der Waals surface area (Å²) in [5.41, 5.74) is 5.38. The lowest BCUT2D eigenvalue weighted by molar-refractivity contribution is 1.02. The van der Waals surface area contributed by atoms with Crippen LogP contribution in [0.15, 0.2) is 29.3 Å². The molecule has 0 aromatic heterocycles. The quantitative estimate of drug-likeness (QED) is 0.649. The molecule has 0 atom stereocenters. The molecule has 4 rings (SSSR count). The van der Waals surface area contributed by atoms with Gasteiger partial charge in [0.2, 0.25) is 0 Å². The average Bonchev–Trinajstić information content (AvgIpc) is 2.73. The summed E-state index contributed by atoms with van der Waals surface area (Å²) in [6.07, 6.45) is 4.26. The van der Waals surface area contributed by atoms with Gasteiger partial charge in [-0.3, -0.25) is 0 Å². The van der Waals surface area contributed by atoms with E-state index in [1.165, 1.54) is 40.4 Å². The highest BCUT2D eigenvalue weighted by Gasteiger charge is 2.21. The standard InChI is InChI=1S/C14H12N2/c1-16-8-15-11-6-4-9-2-3-10-5-7-12(16)14(11)13(9)10/h4-8H,2-3H2,1H3. The number of benzene rings is 2. The highest BCUT2D eigenvalue weighted by molar-refractivity contribution is 6.11. The maximum atomic E-state index is 4.50. The topological polar surface area (TPSA) is 15.6 Å². The zero-order chi connectivity index (χ0) is 10.7. The first-order chi connectivity index (χ1) is 7.84. The maximum Gasteiger partial charge on any atom is 0.0954 e. The van der Waals surface area contributed by atoms with Crippen LogP contribution in [-0.2, 0) is 12.8 Å². The molecule has 2 heteroatoms. The van der Waals surface area contributed by atoms with Crippen LogP contribution in [0.1, 0.15) is 11.1 Å². The Hall–Kier alpha value is -1.83. The lowest BCUT2D eigenvalue weighted by Crippen LogP contribution is -2.16. The van der Waals surface area contributed by atoms with Gasteiger partial charge in [0.15, 0.2) is 0 Å². The molecule has 0 fully saturated rings. The Balaban J connectivity index is 2.27. The van der Waals surface area contributed by atoms with E-state index in [0.29, 0.717) is 0 Å². The van der Waals surface area contributed by atoms with Crippen molar-refractivity contribution in [3.63, 3.8) is 0 Å². The summed E-state index contributed by atoms with van der Waals surface area (Å²) in [6.45, 7) is 0. The van der Waals surface area contributed by atoms with Crippen LogP contribution in [0.5, 0.6) is 0 Å². The van der Waals surface area contributed by atoms with Crippen LogP contribution in [0.2, 0.25) is 0 Å². The minimum absolute atomic E-state index is 1.12. The number of hydrogen-bond acceptors (Lipinski definition) is 2. The molecule has 1 heterocycles. The normalized spacial score (nSPS) is 16.2. The van der Waals surface area contributed by atoms with Gasteiger partial charge in [-0.25, -0.2) is 4.99 Å². The molecule has 0 saturated heterocycles. The summed E-state index contributed by atoms with van der Waals surface area (Å²) >= 11 is 0. The van der Waals surface area contributed by atoms with E-state index in [9.17, 15) is 0 Å². The zero-order valence-electron chi connectivity index (χ0n) is 9.20. The van der Waals surface area contributed by atoms with Crippen LogP contribution >= 0.6 is 0 Å². The first-order valence-corrected chi connectivity index (χ1v) is 5.69. The second-order valence-electron chi connectivity index (χ2n) is 4.59. The summed E-state index contributed by atoms with van der Waals surface area (Å²) in [5, 5.41) is 2.80. The number of aryl methyl sites for hydroxylation is 2. The predicted octanol–water partition coefficient (Wildman–Crippen LogP) is 3.05. The van der Waals surface area contributed by atoms with E-state index in [1.807, 2.05) is 6.34 Å². The van der Waals surface area contributed by atoms with Gasteiger partial charge in [-0.05, 0) is 41.5 Å². The Morgan fingerprint density at radius 1 is 1.00 bits per heavy atom. The van der Waals surface area contributed by atoms with Gasteiger partial charge < -0.3 is 4.90 Å². The molecule has 78 valence electrons. The van der Waals surface area contributed by atoms with Crippen molar-refractivity contribution >= 4 is 28.5 Å². The predicted molar refractivity (Wildman–Crippen MR) is 67.9 cm³/mol. The molecule has 2 aliphatic rings. The number of rotatable bonds is 0. The summed E-state index contributed by atoms with van der Waals surface area (Å²) in [5.74, 6) is 0. The van der Waals surface area contributed by atoms with Gasteiger partial charge in [0.1, 0.15) is 0 Å². The monoisotopic (exact) mass is 208 g/mol. The highest BCUT2D eigenvalue weighted by Crippen LogP contribution is 2.42. The molecule has 2 aromatic rings. The minimum atomic E-state index is 1.12. The van der Waals surface area contributed by atoms with Crippen molar-refractivity contribution in [1.29, 1.82) is 0 Å². The zero-order valence-corrected chi connectivity index (χ0v) is 9.20. The second-order valence-corrected chi connectivity index (χ2v) is 4.59. The third-order valence-corrected chi connectivity index (χ3v) is 3.70. The van der Waals surface area contributed by atoms with E-state index in [4.69, 9.17) is 0 Å². The summed E-state index contributed by atoms with van der Waals surface area (Å²) in [4.78, 5) is 6.61. The van der Waals surface area contributed by atoms with Crippen LogP contribution in [0, 0.1) is 0 Å². The molecule has 0 spiro atoms. The molecular weight excluding hydrogens is 196 g/mol. The van der Waals surface area contributed by atoms with Crippen molar-refractivity contribution in [2.45, 2.75) is 12.8 Å². The van der Waals surface area contributed by atoms with E-state index < -0.39 is 0 Å². The van der Waals surface area contributed by atoms with Crippen LogP contribution in [-0.4, -0.2) is 13.4 Å². The number of hydrogen-bond donors (Lipinski definition) is 0. The molecule has 1 aliphatic carbocycles. The van der Waals surface area contributed by atoms with E-state index >= 15 is 0 Å². The molecular formula is C14H12N2. The Bertz CT molecular complexity index is 630. The van der Waals surface area contributed by atoms with Gasteiger partial charge in [0.05, 0.1) is 17.7 Å². The van der Waals surface area contributed by atoms with Gasteiger partial charge in [-0.1, -0.05) is 12.1 Å². The van der Waals surface area contributed by atoms with Crippen molar-refractivity contribution in [2.24, 2.45) is 4.99 Å². The van der Waals surface area contributed by atoms with E-state index in [2.05, 4.69) is 41.2 Å². The molecule has 2 nitrogen and oxygen atoms in total. The second kappa shape index (κ2) is 2.64. The van der Waals surface area contributed by atoms with Crippen LogP contribution in [0.25, 0.3) is 10.8 Å². The van der Waals surface area contributed by atoms with Gasteiger partial charge >= 0.3 is 0 Å². The number of anilines is 1. The Morgan fingerprint density at radius 3 is 2.56 bits per heavy atom. The van der Waals surface area contributed by atoms with Crippen molar-refractivity contribution < 1.29 is 0 Å². The Morgan fingerprint density at radius 2 is 1.75 bits per heavy atom. The SMILES string of the molecule is CN1C=Nc2ccc3c4c(ccc1c24)CC3. The molecule has 0 amide bonds. The molecule has 0 unspecified atom stereocenters. The molecule has 1 aliphatic heterocycles. The minimum Gasteiger partial charge on any atom is -0.335 e. The summed E-state index contributed by atoms with van der Waals surface area (Å²) in [7, 11) is 2.06. The van der Waals surface area contributed by atoms with E-state index in [-0.39, 0.29) is 0 Å². The third kappa shape index (κ3) is 0.854. The van der Waals surface area contributed by atoms with Gasteiger partial charge in [-0.2, -0.15) is 0 Å². The first kappa shape index (κ1) is 8.34. The summed E-state index contributed by atoms with van der Waals surface area (Å²) in [6, 6.07) is 8.88. The lowest BCUT2D eigenvalue weighted by Gasteiger charge is -2.22. The lowest BCUT2D eigenvalue weighted by atomic mass is 10.0. The third-order valence-electron chi connectivity index (χ3n) is 3.70. The molecule has 0 N–H and O–H groups in total. The number of aliphatic imine (C=N–C) groups is 1. The largest absolute Gasteiger partial charge is 0.335 e. The highest BCUT2D eigenvalue weighted by atomic mass is 15.1. The van der Waals surface area contributed by atoms with Gasteiger partial charge in [-0.15, -0.1) is 0 Å². The molecule has 0 saturated carbocycles. The van der Waals surface area contributed by atoms with Gasteiger partial charge in [0, 0.05) is 12.4 Å². The maximum absolute atomic E-state index is 4.50. The summed E-state index contributed by atoms with van der Waals surface area (Å²) < 4.78 is 0. The Kier molecular flexibility index (Phi) is 1.38. The van der Waals surface area contributed by atoms with E-state index in [0.717, 1.165) is 5.69 Å². The van der Waals surface area contributed by atoms with E-state index in [1.54, 1.807) is 0 Å². The van der Waals surface area contributed by atoms with Crippen molar-refractivity contribution in [2.75, 3.05) is 11.9 Å². The first-order valence-electron chi connectivity index (χ1n) is 5.69. The molecule has 2 aromatic carbocycles. The van der Waals surface area contributed by atoms with Crippen LogP contribution < -0.4 is 4.90 Å². The molecule has 0 radical (unpaired) electrons. The van der Waals surface area contributed by atoms with Crippen molar-refractivity contribution in [3.05, 3.63) is 35.4 Å². The van der Waals surface area contributed by atoms with Crippen LogP contribution in [0.4, 0.5) is 11.4 Å². The van der Waals surface area contributed by atoms with Crippen LogP contribution in [0.3, 0.4) is 0 Å². The fourth-order valence-electron chi connectivity index (χ4n) is 2.91. The smallest absolute Gasteiger partial charge is 0.0954 e. The molecule has 16 heavy (non-hydrogen) atoms. The fourth-order valence-corrected chi connectivity index (χ4v) is 2.91. The fraction of sp³-hybridized carbons (Fsp3) is 0.214. The molecule has 0 bridgehead atoms. The van der Waals surface area contributed by atoms with Gasteiger partial charge in [0.25, 0.3) is 0 Å². The van der Waals surface area contributed by atoms with Crippen molar-refractivity contribution in [1.82, 2.24) is 0 Å².